The summed E-state index contributed by atoms with van der Waals surface area (Å²) in [7, 11) is 0. The Morgan fingerprint density at radius 3 is 2.61 bits per heavy atom. The first-order chi connectivity index (χ1) is 11.1. The van der Waals surface area contributed by atoms with Crippen LogP contribution in [0.15, 0.2) is 24.5 Å². The summed E-state index contributed by atoms with van der Waals surface area (Å²) in [6.07, 6.45) is 4.85. The Bertz CT molecular complexity index is 473. The van der Waals surface area contributed by atoms with Gasteiger partial charge in [-0.1, -0.05) is 6.92 Å². The standard InChI is InChI=1S/C17H28N4O2/c1-4-16(15-5-7-18-8-6-15)20-17(22)19-9-10-21-11-13(2)23-14(3)12-21/h5-8,13-14,16H,4,9-12H2,1-3H3,(H2,19,20,22). The molecule has 0 aromatic carbocycles. The Balaban J connectivity index is 1.72. The predicted octanol–water partition coefficient (Wildman–Crippen LogP) is 1.94. The number of rotatable bonds is 6. The summed E-state index contributed by atoms with van der Waals surface area (Å²) >= 11 is 0. The van der Waals surface area contributed by atoms with Gasteiger partial charge in [0.1, 0.15) is 0 Å². The zero-order valence-electron chi connectivity index (χ0n) is 14.3. The van der Waals surface area contributed by atoms with E-state index in [1.807, 2.05) is 12.1 Å². The number of nitrogens with zero attached hydrogens (tertiary/aromatic N) is 2. The van der Waals surface area contributed by atoms with Crippen LogP contribution in [-0.4, -0.2) is 54.3 Å². The van der Waals surface area contributed by atoms with Crippen molar-refractivity contribution in [1.82, 2.24) is 20.5 Å². The molecular formula is C17H28N4O2. The molecule has 0 aliphatic carbocycles. The molecule has 1 aromatic heterocycles. The van der Waals surface area contributed by atoms with Gasteiger partial charge in [-0.2, -0.15) is 0 Å². The van der Waals surface area contributed by atoms with Gasteiger partial charge >= 0.3 is 6.03 Å². The highest BCUT2D eigenvalue weighted by atomic mass is 16.5. The number of pyridine rings is 1. The van der Waals surface area contributed by atoms with Crippen LogP contribution < -0.4 is 10.6 Å². The van der Waals surface area contributed by atoms with Crippen molar-refractivity contribution >= 4 is 6.03 Å². The fourth-order valence-corrected chi connectivity index (χ4v) is 3.02. The average Bonchev–Trinajstić information content (AvgIpc) is 2.52. The minimum Gasteiger partial charge on any atom is -0.373 e. The largest absolute Gasteiger partial charge is 0.373 e. The number of nitrogens with one attached hydrogen (secondary N) is 2. The van der Waals surface area contributed by atoms with E-state index in [-0.39, 0.29) is 24.3 Å². The molecule has 0 saturated carbocycles. The molecule has 1 aliphatic heterocycles. The molecule has 2 rings (SSSR count). The lowest BCUT2D eigenvalue weighted by atomic mass is 10.1. The van der Waals surface area contributed by atoms with Crippen LogP contribution in [0.5, 0.6) is 0 Å². The van der Waals surface area contributed by atoms with Gasteiger partial charge in [0.15, 0.2) is 0 Å². The van der Waals surface area contributed by atoms with Gasteiger partial charge in [-0.15, -0.1) is 0 Å². The van der Waals surface area contributed by atoms with Crippen molar-refractivity contribution in [3.63, 3.8) is 0 Å². The molecule has 0 spiro atoms. The van der Waals surface area contributed by atoms with E-state index in [1.54, 1.807) is 12.4 Å². The van der Waals surface area contributed by atoms with Gasteiger partial charge in [-0.25, -0.2) is 4.79 Å². The summed E-state index contributed by atoms with van der Waals surface area (Å²) in [4.78, 5) is 18.4. The number of morpholine rings is 1. The van der Waals surface area contributed by atoms with Crippen molar-refractivity contribution in [3.05, 3.63) is 30.1 Å². The number of urea groups is 1. The number of carbonyl (C=O) groups is 1. The van der Waals surface area contributed by atoms with Gasteiger partial charge in [0.05, 0.1) is 18.2 Å². The van der Waals surface area contributed by atoms with Crippen molar-refractivity contribution in [3.8, 4) is 0 Å². The molecule has 3 atom stereocenters. The number of hydrogen-bond acceptors (Lipinski definition) is 4. The number of aromatic nitrogens is 1. The van der Waals surface area contributed by atoms with Gasteiger partial charge in [0.2, 0.25) is 0 Å². The SMILES string of the molecule is CCC(NC(=O)NCCN1CC(C)OC(C)C1)c1ccncc1. The van der Waals surface area contributed by atoms with Crippen molar-refractivity contribution < 1.29 is 9.53 Å². The molecule has 128 valence electrons. The Morgan fingerprint density at radius 1 is 1.35 bits per heavy atom. The zero-order chi connectivity index (χ0) is 16.7. The molecule has 3 unspecified atom stereocenters. The second-order valence-corrected chi connectivity index (χ2v) is 6.16. The maximum Gasteiger partial charge on any atom is 0.315 e. The molecule has 1 aliphatic rings. The van der Waals surface area contributed by atoms with Gasteiger partial charge < -0.3 is 15.4 Å². The van der Waals surface area contributed by atoms with Gasteiger partial charge in [-0.3, -0.25) is 9.88 Å². The Hall–Kier alpha value is -1.66. The topological polar surface area (TPSA) is 66.5 Å². The summed E-state index contributed by atoms with van der Waals surface area (Å²) in [5, 5.41) is 5.96. The summed E-state index contributed by atoms with van der Waals surface area (Å²) in [6, 6.07) is 3.76. The van der Waals surface area contributed by atoms with Crippen LogP contribution in [0.4, 0.5) is 4.79 Å². The maximum atomic E-state index is 12.1. The minimum atomic E-state index is -0.122. The fourth-order valence-electron chi connectivity index (χ4n) is 3.02. The molecule has 2 N–H and O–H groups in total. The maximum absolute atomic E-state index is 12.1. The first-order valence-corrected chi connectivity index (χ1v) is 8.40. The number of amides is 2. The Morgan fingerprint density at radius 2 is 2.00 bits per heavy atom. The number of carbonyl (C=O) groups excluding carboxylic acids is 1. The number of ether oxygens (including phenoxy) is 1. The third-order valence-corrected chi connectivity index (χ3v) is 4.03. The lowest BCUT2D eigenvalue weighted by Gasteiger charge is -2.35. The summed E-state index contributed by atoms with van der Waals surface area (Å²) in [5.41, 5.74) is 1.08. The van der Waals surface area contributed by atoms with E-state index in [9.17, 15) is 4.79 Å². The predicted molar refractivity (Wildman–Crippen MR) is 90.3 cm³/mol. The molecule has 6 heteroatoms. The summed E-state index contributed by atoms with van der Waals surface area (Å²) < 4.78 is 5.71. The molecule has 1 fully saturated rings. The van der Waals surface area contributed by atoms with E-state index in [4.69, 9.17) is 4.74 Å². The van der Waals surface area contributed by atoms with E-state index in [1.165, 1.54) is 0 Å². The van der Waals surface area contributed by atoms with Crippen LogP contribution in [0.25, 0.3) is 0 Å². The normalized spacial score (nSPS) is 23.3. The van der Waals surface area contributed by atoms with Crippen molar-refractivity contribution in [2.75, 3.05) is 26.2 Å². The van der Waals surface area contributed by atoms with Crippen molar-refractivity contribution in [2.45, 2.75) is 45.4 Å². The Kier molecular flexibility index (Phi) is 6.80. The first-order valence-electron chi connectivity index (χ1n) is 8.40. The van der Waals surface area contributed by atoms with Crippen molar-refractivity contribution in [2.24, 2.45) is 0 Å². The lowest BCUT2D eigenvalue weighted by molar-refractivity contribution is -0.0672. The van der Waals surface area contributed by atoms with Gasteiger partial charge in [-0.05, 0) is 38.0 Å². The zero-order valence-corrected chi connectivity index (χ0v) is 14.3. The van der Waals surface area contributed by atoms with Crippen LogP contribution in [0.3, 0.4) is 0 Å². The highest BCUT2D eigenvalue weighted by molar-refractivity contribution is 5.74. The second-order valence-electron chi connectivity index (χ2n) is 6.16. The van der Waals surface area contributed by atoms with E-state index in [0.717, 1.165) is 31.6 Å². The van der Waals surface area contributed by atoms with E-state index in [2.05, 4.69) is 41.3 Å². The molecule has 2 heterocycles. The van der Waals surface area contributed by atoms with Crippen LogP contribution >= 0.6 is 0 Å². The molecule has 2 amide bonds. The quantitative estimate of drug-likeness (QED) is 0.841. The summed E-state index contributed by atoms with van der Waals surface area (Å²) in [6.45, 7) is 9.55. The fraction of sp³-hybridized carbons (Fsp3) is 0.647. The molecule has 6 nitrogen and oxygen atoms in total. The first kappa shape index (κ1) is 17.7. The van der Waals surface area contributed by atoms with Crippen LogP contribution in [0.2, 0.25) is 0 Å². The third-order valence-electron chi connectivity index (χ3n) is 4.03. The monoisotopic (exact) mass is 320 g/mol. The van der Waals surface area contributed by atoms with E-state index >= 15 is 0 Å². The van der Waals surface area contributed by atoms with Crippen LogP contribution in [0, 0.1) is 0 Å². The Labute approximate surface area is 138 Å². The van der Waals surface area contributed by atoms with Crippen LogP contribution in [0.1, 0.15) is 38.8 Å². The molecule has 0 radical (unpaired) electrons. The smallest absolute Gasteiger partial charge is 0.315 e. The minimum absolute atomic E-state index is 0.0152. The van der Waals surface area contributed by atoms with Crippen LogP contribution in [-0.2, 0) is 4.74 Å². The van der Waals surface area contributed by atoms with Crippen molar-refractivity contribution in [1.29, 1.82) is 0 Å². The molecular weight excluding hydrogens is 292 g/mol. The summed E-state index contributed by atoms with van der Waals surface area (Å²) in [5.74, 6) is 0. The molecule has 1 aromatic rings. The average molecular weight is 320 g/mol. The van der Waals surface area contributed by atoms with E-state index in [0.29, 0.717) is 6.54 Å². The third kappa shape index (κ3) is 5.80. The second kappa shape index (κ2) is 8.84. The molecule has 1 saturated heterocycles. The lowest BCUT2D eigenvalue weighted by Crippen LogP contribution is -2.48. The highest BCUT2D eigenvalue weighted by Gasteiger charge is 2.21. The van der Waals surface area contributed by atoms with E-state index < -0.39 is 0 Å². The highest BCUT2D eigenvalue weighted by Crippen LogP contribution is 2.14. The molecule has 0 bridgehead atoms. The van der Waals surface area contributed by atoms with Gasteiger partial charge in [0.25, 0.3) is 0 Å². The van der Waals surface area contributed by atoms with Gasteiger partial charge in [0, 0.05) is 38.6 Å². The molecule has 23 heavy (non-hydrogen) atoms. The number of hydrogen-bond donors (Lipinski definition) is 2.